The van der Waals surface area contributed by atoms with Crippen molar-refractivity contribution < 1.29 is 33.6 Å². The molecule has 1 aliphatic rings. The van der Waals surface area contributed by atoms with Crippen LogP contribution < -0.4 is 14.8 Å². The zero-order chi connectivity index (χ0) is 17.5. The number of aliphatic carboxylic acids is 1. The Morgan fingerprint density at radius 1 is 1.21 bits per heavy atom. The Labute approximate surface area is 139 Å². The Kier molecular flexibility index (Phi) is 6.39. The summed E-state index contributed by atoms with van der Waals surface area (Å²) in [5.74, 6) is -0.425. The van der Waals surface area contributed by atoms with E-state index in [1.807, 2.05) is 0 Å². The Hall–Kier alpha value is -2.32. The molecule has 1 aliphatic heterocycles. The van der Waals surface area contributed by atoms with Gasteiger partial charge in [-0.05, 0) is 25.0 Å². The van der Waals surface area contributed by atoms with Gasteiger partial charge in [-0.2, -0.15) is 0 Å². The molecule has 1 amide bonds. The predicted molar refractivity (Wildman–Crippen MR) is 84.5 cm³/mol. The van der Waals surface area contributed by atoms with E-state index in [1.165, 1.54) is 7.11 Å². The van der Waals surface area contributed by atoms with Crippen LogP contribution in [0.1, 0.15) is 12.8 Å². The van der Waals surface area contributed by atoms with Crippen molar-refractivity contribution in [1.29, 1.82) is 0 Å². The molecule has 0 spiro atoms. The normalized spacial score (nSPS) is 19.8. The quantitative estimate of drug-likeness (QED) is 0.688. The van der Waals surface area contributed by atoms with Crippen LogP contribution in [0, 0.1) is 0 Å². The van der Waals surface area contributed by atoms with Crippen molar-refractivity contribution in [2.45, 2.75) is 25.0 Å². The van der Waals surface area contributed by atoms with E-state index in [0.29, 0.717) is 43.2 Å². The molecule has 0 saturated carbocycles. The maximum absolute atomic E-state index is 12.2. The Morgan fingerprint density at radius 3 is 2.58 bits per heavy atom. The lowest BCUT2D eigenvalue weighted by Crippen LogP contribution is -2.29. The number of hydrogen-bond acceptors (Lipinski definition) is 6. The average molecular weight is 339 g/mol. The van der Waals surface area contributed by atoms with Gasteiger partial charge in [0.25, 0.3) is 5.91 Å². The zero-order valence-electron chi connectivity index (χ0n) is 13.6. The average Bonchev–Trinajstić information content (AvgIpc) is 3.06. The number of rotatable bonds is 8. The fourth-order valence-corrected chi connectivity index (χ4v) is 2.34. The molecule has 132 valence electrons. The number of amides is 1. The first-order chi connectivity index (χ1) is 11.5. The number of anilines is 1. The highest BCUT2D eigenvalue weighted by molar-refractivity contribution is 5.95. The van der Waals surface area contributed by atoms with Crippen molar-refractivity contribution in [2.75, 3.05) is 32.8 Å². The summed E-state index contributed by atoms with van der Waals surface area (Å²) < 4.78 is 20.9. The maximum Gasteiger partial charge on any atom is 0.332 e. The number of nitrogens with one attached hydrogen (secondary N) is 1. The summed E-state index contributed by atoms with van der Waals surface area (Å²) in [7, 11) is 3.10. The molecule has 0 aliphatic carbocycles. The minimum Gasteiger partial charge on any atom is -0.493 e. The second-order valence-electron chi connectivity index (χ2n) is 5.23. The van der Waals surface area contributed by atoms with Crippen LogP contribution >= 0.6 is 0 Å². The maximum atomic E-state index is 12.2. The third kappa shape index (κ3) is 4.59. The zero-order valence-corrected chi connectivity index (χ0v) is 13.6. The van der Waals surface area contributed by atoms with Crippen molar-refractivity contribution >= 4 is 17.6 Å². The van der Waals surface area contributed by atoms with Crippen LogP contribution in [-0.4, -0.2) is 56.6 Å². The standard InChI is InChI=1S/C16H21NO7/c1-21-7-8-23-14-9-10(3-4-11(14)22-2)17-15(18)12-5-6-13(24-12)16(19)20/h3-4,9,12-13H,5-8H2,1-2H3,(H,17,18)(H,19,20)/t12-,13+/m0/s1. The molecule has 0 aromatic heterocycles. The fraction of sp³-hybridized carbons (Fsp3) is 0.500. The molecule has 2 atom stereocenters. The highest BCUT2D eigenvalue weighted by atomic mass is 16.5. The molecular formula is C16H21NO7. The molecule has 0 bridgehead atoms. The van der Waals surface area contributed by atoms with Crippen molar-refractivity contribution in [3.8, 4) is 11.5 Å². The first-order valence-electron chi connectivity index (χ1n) is 7.54. The number of carbonyl (C=O) groups excluding carboxylic acids is 1. The lowest BCUT2D eigenvalue weighted by molar-refractivity contribution is -0.150. The molecule has 1 aromatic rings. The Morgan fingerprint density at radius 2 is 1.96 bits per heavy atom. The molecule has 1 fully saturated rings. The number of carboxylic acid groups (broad SMARTS) is 1. The van der Waals surface area contributed by atoms with E-state index in [0.717, 1.165) is 0 Å². The molecule has 1 heterocycles. The van der Waals surface area contributed by atoms with Gasteiger partial charge < -0.3 is 29.4 Å². The summed E-state index contributed by atoms with van der Waals surface area (Å²) in [6.07, 6.45) is -1.01. The van der Waals surface area contributed by atoms with Crippen LogP contribution in [0.15, 0.2) is 18.2 Å². The van der Waals surface area contributed by atoms with Gasteiger partial charge in [-0.15, -0.1) is 0 Å². The van der Waals surface area contributed by atoms with Gasteiger partial charge in [-0.25, -0.2) is 4.79 Å². The second kappa shape index (κ2) is 8.51. The predicted octanol–water partition coefficient (Wildman–Crippen LogP) is 1.29. The minimum absolute atomic E-state index is 0.321. The molecule has 1 aromatic carbocycles. The van der Waals surface area contributed by atoms with Crippen LogP contribution in [0.3, 0.4) is 0 Å². The molecule has 8 heteroatoms. The molecule has 0 radical (unpaired) electrons. The van der Waals surface area contributed by atoms with Gasteiger partial charge >= 0.3 is 5.97 Å². The van der Waals surface area contributed by atoms with E-state index in [9.17, 15) is 9.59 Å². The third-order valence-electron chi connectivity index (χ3n) is 3.56. The summed E-state index contributed by atoms with van der Waals surface area (Å²) >= 11 is 0. The van der Waals surface area contributed by atoms with Gasteiger partial charge in [0.1, 0.15) is 12.7 Å². The summed E-state index contributed by atoms with van der Waals surface area (Å²) in [5.41, 5.74) is 0.510. The van der Waals surface area contributed by atoms with Gasteiger partial charge in [-0.1, -0.05) is 0 Å². The highest BCUT2D eigenvalue weighted by Gasteiger charge is 2.34. The SMILES string of the molecule is COCCOc1cc(NC(=O)[C@@H]2CC[C@H](C(=O)O)O2)ccc1OC. The first kappa shape index (κ1) is 18.0. The third-order valence-corrected chi connectivity index (χ3v) is 3.56. The van der Waals surface area contributed by atoms with Gasteiger partial charge in [0.15, 0.2) is 17.6 Å². The molecule has 24 heavy (non-hydrogen) atoms. The van der Waals surface area contributed by atoms with E-state index in [-0.39, 0.29) is 5.91 Å². The lowest BCUT2D eigenvalue weighted by Gasteiger charge is -2.14. The van der Waals surface area contributed by atoms with Crippen LogP contribution in [0.25, 0.3) is 0 Å². The molecule has 2 rings (SSSR count). The molecule has 2 N–H and O–H groups in total. The van der Waals surface area contributed by atoms with E-state index >= 15 is 0 Å². The number of carboxylic acids is 1. The smallest absolute Gasteiger partial charge is 0.332 e. The van der Waals surface area contributed by atoms with Gasteiger partial charge in [-0.3, -0.25) is 4.79 Å². The number of ether oxygens (including phenoxy) is 4. The summed E-state index contributed by atoms with van der Waals surface area (Å²) in [6, 6.07) is 4.98. The Balaban J connectivity index is 2.00. The van der Waals surface area contributed by atoms with Crippen molar-refractivity contribution in [1.82, 2.24) is 0 Å². The van der Waals surface area contributed by atoms with Crippen molar-refractivity contribution in [3.63, 3.8) is 0 Å². The van der Waals surface area contributed by atoms with Gasteiger partial charge in [0, 0.05) is 18.9 Å². The fourth-order valence-electron chi connectivity index (χ4n) is 2.34. The van der Waals surface area contributed by atoms with Gasteiger partial charge in [0.05, 0.1) is 13.7 Å². The molecule has 1 saturated heterocycles. The molecular weight excluding hydrogens is 318 g/mol. The summed E-state index contributed by atoms with van der Waals surface area (Å²) in [5, 5.41) is 11.6. The van der Waals surface area contributed by atoms with Crippen LogP contribution in [-0.2, 0) is 19.1 Å². The lowest BCUT2D eigenvalue weighted by atomic mass is 10.2. The largest absolute Gasteiger partial charge is 0.493 e. The number of carbonyl (C=O) groups is 2. The van der Waals surface area contributed by atoms with E-state index in [2.05, 4.69) is 5.32 Å². The Bertz CT molecular complexity index is 590. The second-order valence-corrected chi connectivity index (χ2v) is 5.23. The minimum atomic E-state index is -1.05. The van der Waals surface area contributed by atoms with Crippen molar-refractivity contribution in [3.05, 3.63) is 18.2 Å². The van der Waals surface area contributed by atoms with E-state index < -0.39 is 18.2 Å². The highest BCUT2D eigenvalue weighted by Crippen LogP contribution is 2.30. The number of methoxy groups -OCH3 is 2. The van der Waals surface area contributed by atoms with Crippen molar-refractivity contribution in [2.24, 2.45) is 0 Å². The van der Waals surface area contributed by atoms with Crippen LogP contribution in [0.4, 0.5) is 5.69 Å². The topological polar surface area (TPSA) is 103 Å². The summed E-state index contributed by atoms with van der Waals surface area (Å²) in [4.78, 5) is 23.1. The van der Waals surface area contributed by atoms with E-state index in [4.69, 9.17) is 24.1 Å². The van der Waals surface area contributed by atoms with Gasteiger partial charge in [0.2, 0.25) is 0 Å². The monoisotopic (exact) mass is 339 g/mol. The molecule has 8 nitrogen and oxygen atoms in total. The van der Waals surface area contributed by atoms with Crippen LogP contribution in [0.5, 0.6) is 11.5 Å². The number of benzene rings is 1. The molecule has 0 unspecified atom stereocenters. The summed E-state index contributed by atoms with van der Waals surface area (Å²) in [6.45, 7) is 0.766. The first-order valence-corrected chi connectivity index (χ1v) is 7.54. The van der Waals surface area contributed by atoms with Crippen LogP contribution in [0.2, 0.25) is 0 Å². The van der Waals surface area contributed by atoms with E-state index in [1.54, 1.807) is 25.3 Å². The number of hydrogen-bond donors (Lipinski definition) is 2.